The van der Waals surface area contributed by atoms with Crippen LogP contribution in [0.4, 0.5) is 4.79 Å². The van der Waals surface area contributed by atoms with E-state index in [0.29, 0.717) is 26.2 Å². The molecule has 0 fully saturated rings. The van der Waals surface area contributed by atoms with E-state index >= 15 is 0 Å². The molecule has 0 atom stereocenters. The van der Waals surface area contributed by atoms with Gasteiger partial charge in [0.2, 0.25) is 0 Å². The van der Waals surface area contributed by atoms with Crippen LogP contribution in [0.3, 0.4) is 0 Å². The monoisotopic (exact) mass is 376 g/mol. The van der Waals surface area contributed by atoms with Crippen LogP contribution in [0.1, 0.15) is 12.5 Å². The van der Waals surface area contributed by atoms with Crippen molar-refractivity contribution in [3.63, 3.8) is 0 Å². The third kappa shape index (κ3) is 5.60. The van der Waals surface area contributed by atoms with Gasteiger partial charge in [0.25, 0.3) is 0 Å². The largest absolute Gasteiger partial charge is 0.491 e. The smallest absolute Gasteiger partial charge is 0.317 e. The summed E-state index contributed by atoms with van der Waals surface area (Å²) < 4.78 is 6.55. The number of amides is 2. The number of benzene rings is 2. The van der Waals surface area contributed by atoms with Gasteiger partial charge >= 0.3 is 6.03 Å². The van der Waals surface area contributed by atoms with E-state index in [-0.39, 0.29) is 6.03 Å². The molecule has 0 radical (unpaired) electrons. The summed E-state index contributed by atoms with van der Waals surface area (Å²) >= 11 is 3.43. The van der Waals surface area contributed by atoms with Gasteiger partial charge in [-0.1, -0.05) is 42.5 Å². The normalized spacial score (nSPS) is 10.2. The first kappa shape index (κ1) is 17.3. The lowest BCUT2D eigenvalue weighted by molar-refractivity contribution is 0.195. The third-order valence-corrected chi connectivity index (χ3v) is 4.01. The molecule has 0 aromatic heterocycles. The number of hydrogen-bond donors (Lipinski definition) is 1. The maximum Gasteiger partial charge on any atom is 0.317 e. The lowest BCUT2D eigenvalue weighted by Gasteiger charge is -2.21. The lowest BCUT2D eigenvalue weighted by Crippen LogP contribution is -2.41. The highest BCUT2D eigenvalue weighted by Gasteiger charge is 2.11. The van der Waals surface area contributed by atoms with E-state index in [2.05, 4.69) is 21.2 Å². The van der Waals surface area contributed by atoms with Crippen molar-refractivity contribution in [1.29, 1.82) is 0 Å². The Balaban J connectivity index is 1.75. The molecule has 23 heavy (non-hydrogen) atoms. The Kier molecular flexibility index (Phi) is 6.94. The van der Waals surface area contributed by atoms with Crippen LogP contribution in [-0.2, 0) is 6.54 Å². The molecule has 0 spiro atoms. The van der Waals surface area contributed by atoms with Gasteiger partial charge in [-0.15, -0.1) is 0 Å². The van der Waals surface area contributed by atoms with Crippen molar-refractivity contribution in [2.24, 2.45) is 0 Å². The number of para-hydroxylation sites is 1. The summed E-state index contributed by atoms with van der Waals surface area (Å²) in [6, 6.07) is 17.5. The fraction of sp³-hybridized carbons (Fsp3) is 0.278. The number of carbonyl (C=O) groups is 1. The van der Waals surface area contributed by atoms with Crippen molar-refractivity contribution in [2.45, 2.75) is 13.5 Å². The predicted molar refractivity (Wildman–Crippen MR) is 95.6 cm³/mol. The van der Waals surface area contributed by atoms with Crippen LogP contribution in [-0.4, -0.2) is 30.6 Å². The summed E-state index contributed by atoms with van der Waals surface area (Å²) in [5.41, 5.74) is 1.12. The predicted octanol–water partition coefficient (Wildman–Crippen LogP) is 4.06. The summed E-state index contributed by atoms with van der Waals surface area (Å²) in [6.45, 7) is 4.13. The van der Waals surface area contributed by atoms with Crippen LogP contribution in [0.5, 0.6) is 5.75 Å². The molecule has 1 N–H and O–H groups in total. The summed E-state index contributed by atoms with van der Waals surface area (Å²) in [5, 5.41) is 2.89. The number of carbonyl (C=O) groups excluding carboxylic acids is 1. The zero-order valence-electron chi connectivity index (χ0n) is 13.2. The molecule has 0 saturated carbocycles. The second-order valence-corrected chi connectivity index (χ2v) is 5.86. The summed E-state index contributed by atoms with van der Waals surface area (Å²) in [7, 11) is 0. The second-order valence-electron chi connectivity index (χ2n) is 5.01. The Morgan fingerprint density at radius 2 is 1.83 bits per heavy atom. The fourth-order valence-corrected chi connectivity index (χ4v) is 2.52. The molecule has 2 aromatic carbocycles. The van der Waals surface area contributed by atoms with Crippen LogP contribution >= 0.6 is 15.9 Å². The Labute approximate surface area is 145 Å². The molecular weight excluding hydrogens is 356 g/mol. The fourth-order valence-electron chi connectivity index (χ4n) is 2.12. The standard InChI is InChI=1S/C18H21BrN2O2/c1-2-21(14-15-8-4-3-5-9-15)18(22)20-12-13-23-17-11-7-6-10-16(17)19/h3-11H,2,12-14H2,1H3,(H,20,22). The minimum atomic E-state index is -0.0768. The summed E-state index contributed by atoms with van der Waals surface area (Å²) in [4.78, 5) is 14.0. The van der Waals surface area contributed by atoms with Crippen molar-refractivity contribution in [1.82, 2.24) is 10.2 Å². The number of urea groups is 1. The summed E-state index contributed by atoms with van der Waals surface area (Å²) in [5.74, 6) is 0.776. The molecule has 0 aliphatic rings. The van der Waals surface area contributed by atoms with E-state index in [9.17, 15) is 4.79 Å². The highest BCUT2D eigenvalue weighted by atomic mass is 79.9. The zero-order valence-corrected chi connectivity index (χ0v) is 14.8. The molecule has 0 unspecified atom stereocenters. The molecule has 0 aliphatic heterocycles. The molecule has 122 valence electrons. The van der Waals surface area contributed by atoms with Crippen LogP contribution in [0.25, 0.3) is 0 Å². The van der Waals surface area contributed by atoms with Crippen LogP contribution < -0.4 is 10.1 Å². The maximum atomic E-state index is 12.2. The van der Waals surface area contributed by atoms with E-state index in [1.54, 1.807) is 4.90 Å². The number of ether oxygens (including phenoxy) is 1. The number of nitrogens with zero attached hydrogens (tertiary/aromatic N) is 1. The highest BCUT2D eigenvalue weighted by Crippen LogP contribution is 2.23. The highest BCUT2D eigenvalue weighted by molar-refractivity contribution is 9.10. The van der Waals surface area contributed by atoms with E-state index in [4.69, 9.17) is 4.74 Å². The van der Waals surface area contributed by atoms with E-state index in [0.717, 1.165) is 15.8 Å². The quantitative estimate of drug-likeness (QED) is 0.740. The topological polar surface area (TPSA) is 41.6 Å². The Morgan fingerprint density at radius 1 is 1.13 bits per heavy atom. The molecule has 5 heteroatoms. The number of nitrogens with one attached hydrogen (secondary N) is 1. The first-order chi connectivity index (χ1) is 11.2. The minimum Gasteiger partial charge on any atom is -0.491 e. The first-order valence-corrected chi connectivity index (χ1v) is 8.44. The van der Waals surface area contributed by atoms with Gasteiger partial charge < -0.3 is 15.0 Å². The van der Waals surface area contributed by atoms with E-state index in [1.165, 1.54) is 0 Å². The average Bonchev–Trinajstić information content (AvgIpc) is 2.58. The molecule has 0 aliphatic carbocycles. The molecule has 0 bridgehead atoms. The minimum absolute atomic E-state index is 0.0768. The van der Waals surface area contributed by atoms with Crippen molar-refractivity contribution in [3.05, 3.63) is 64.6 Å². The van der Waals surface area contributed by atoms with Gasteiger partial charge in [0.15, 0.2) is 0 Å². The average molecular weight is 377 g/mol. The van der Waals surface area contributed by atoms with Gasteiger partial charge in [-0.3, -0.25) is 0 Å². The van der Waals surface area contributed by atoms with Gasteiger partial charge in [-0.05, 0) is 40.5 Å². The van der Waals surface area contributed by atoms with Gasteiger partial charge in [0.1, 0.15) is 12.4 Å². The number of hydrogen-bond acceptors (Lipinski definition) is 2. The van der Waals surface area contributed by atoms with Gasteiger partial charge in [-0.2, -0.15) is 0 Å². The van der Waals surface area contributed by atoms with Gasteiger partial charge in [0, 0.05) is 13.1 Å². The molecule has 2 rings (SSSR count). The summed E-state index contributed by atoms with van der Waals surface area (Å²) in [6.07, 6.45) is 0. The first-order valence-electron chi connectivity index (χ1n) is 7.64. The Bertz CT molecular complexity index is 619. The molecule has 2 amide bonds. The SMILES string of the molecule is CCN(Cc1ccccc1)C(=O)NCCOc1ccccc1Br. The lowest BCUT2D eigenvalue weighted by atomic mass is 10.2. The van der Waals surface area contributed by atoms with E-state index < -0.39 is 0 Å². The molecule has 2 aromatic rings. The van der Waals surface area contributed by atoms with Crippen molar-refractivity contribution < 1.29 is 9.53 Å². The Morgan fingerprint density at radius 3 is 2.52 bits per heavy atom. The third-order valence-electron chi connectivity index (χ3n) is 3.36. The number of halogens is 1. The molecule has 4 nitrogen and oxygen atoms in total. The van der Waals surface area contributed by atoms with Crippen molar-refractivity contribution in [2.75, 3.05) is 19.7 Å². The van der Waals surface area contributed by atoms with Crippen LogP contribution in [0.15, 0.2) is 59.1 Å². The van der Waals surface area contributed by atoms with Gasteiger partial charge in [-0.25, -0.2) is 4.79 Å². The maximum absolute atomic E-state index is 12.2. The Hall–Kier alpha value is -2.01. The number of rotatable bonds is 7. The molecule has 0 saturated heterocycles. The zero-order chi connectivity index (χ0) is 16.5. The molecular formula is C18H21BrN2O2. The van der Waals surface area contributed by atoms with E-state index in [1.807, 2.05) is 61.5 Å². The van der Waals surface area contributed by atoms with Crippen molar-refractivity contribution in [3.8, 4) is 5.75 Å². The van der Waals surface area contributed by atoms with Gasteiger partial charge in [0.05, 0.1) is 11.0 Å². The van der Waals surface area contributed by atoms with Crippen LogP contribution in [0.2, 0.25) is 0 Å². The van der Waals surface area contributed by atoms with Crippen molar-refractivity contribution >= 4 is 22.0 Å². The molecule has 0 heterocycles. The second kappa shape index (κ2) is 9.20. The van der Waals surface area contributed by atoms with Crippen LogP contribution in [0, 0.1) is 0 Å².